The van der Waals surface area contributed by atoms with E-state index in [2.05, 4.69) is 22.1 Å². The molecule has 24 heavy (non-hydrogen) atoms. The zero-order valence-corrected chi connectivity index (χ0v) is 14.9. The molecule has 2 aliphatic rings. The average Bonchev–Trinajstić information content (AvgIpc) is 2.47. The fourth-order valence-corrected chi connectivity index (χ4v) is 4.01. The summed E-state index contributed by atoms with van der Waals surface area (Å²) in [5.74, 6) is 0. The van der Waals surface area contributed by atoms with Crippen molar-refractivity contribution in [1.29, 1.82) is 0 Å². The van der Waals surface area contributed by atoms with Crippen molar-refractivity contribution in [3.63, 3.8) is 0 Å². The summed E-state index contributed by atoms with van der Waals surface area (Å²) < 4.78 is 5.33. The molecule has 4 nitrogen and oxygen atoms in total. The summed E-state index contributed by atoms with van der Waals surface area (Å²) in [6.07, 6.45) is 4.23. The van der Waals surface area contributed by atoms with E-state index in [9.17, 15) is 0 Å². The van der Waals surface area contributed by atoms with Crippen LogP contribution in [-0.4, -0.2) is 48.8 Å². The van der Waals surface area contributed by atoms with Gasteiger partial charge in [-0.1, -0.05) is 11.6 Å². The van der Waals surface area contributed by atoms with Crippen LogP contribution in [0.15, 0.2) is 30.5 Å². The largest absolute Gasteiger partial charge is 0.382 e. The summed E-state index contributed by atoms with van der Waals surface area (Å²) in [5, 5.41) is 5.49. The van der Waals surface area contributed by atoms with Crippen molar-refractivity contribution in [2.24, 2.45) is 5.41 Å². The van der Waals surface area contributed by atoms with Crippen molar-refractivity contribution in [3.8, 4) is 0 Å². The molecule has 2 aromatic rings. The molecular formula is C19H24ClN3O. The van der Waals surface area contributed by atoms with Gasteiger partial charge in [-0.3, -0.25) is 4.98 Å². The topological polar surface area (TPSA) is 37.4 Å². The second-order valence-electron chi connectivity index (χ2n) is 7.41. The summed E-state index contributed by atoms with van der Waals surface area (Å²) in [5.41, 5.74) is 2.60. The number of ether oxygens (including phenoxy) is 1. The van der Waals surface area contributed by atoms with E-state index < -0.39 is 0 Å². The molecule has 5 heteroatoms. The number of fused-ring (bicyclic) bond motifs is 1. The average molecular weight is 346 g/mol. The van der Waals surface area contributed by atoms with Crippen LogP contribution in [0.5, 0.6) is 0 Å². The smallest absolute Gasteiger partial charge is 0.0737 e. The normalized spacial score (nSPS) is 20.6. The molecular weight excluding hydrogens is 322 g/mol. The third-order valence-corrected chi connectivity index (χ3v) is 5.39. The Morgan fingerprint density at radius 3 is 2.92 bits per heavy atom. The Bertz CT molecular complexity index is 724. The number of aromatic nitrogens is 1. The van der Waals surface area contributed by atoms with E-state index in [-0.39, 0.29) is 0 Å². The first-order valence-electron chi connectivity index (χ1n) is 8.75. The van der Waals surface area contributed by atoms with E-state index >= 15 is 0 Å². The number of hydrogen-bond acceptors (Lipinski definition) is 4. The third kappa shape index (κ3) is 3.23. The van der Waals surface area contributed by atoms with Gasteiger partial charge in [0.05, 0.1) is 18.7 Å². The van der Waals surface area contributed by atoms with Crippen LogP contribution in [0.25, 0.3) is 10.9 Å². The molecule has 1 aromatic heterocycles. The zero-order valence-electron chi connectivity index (χ0n) is 14.1. The van der Waals surface area contributed by atoms with Crippen LogP contribution in [0.1, 0.15) is 19.8 Å². The lowest BCUT2D eigenvalue weighted by molar-refractivity contribution is -0.188. The number of nitrogens with zero attached hydrogens (tertiary/aromatic N) is 2. The second-order valence-corrected chi connectivity index (χ2v) is 7.85. The van der Waals surface area contributed by atoms with Gasteiger partial charge in [0.25, 0.3) is 0 Å². The Balaban J connectivity index is 1.27. The summed E-state index contributed by atoms with van der Waals surface area (Å²) in [7, 11) is 0. The Kier molecular flexibility index (Phi) is 4.37. The molecule has 4 rings (SSSR count). The minimum Gasteiger partial charge on any atom is -0.382 e. The zero-order chi connectivity index (χ0) is 16.6. The van der Waals surface area contributed by atoms with Gasteiger partial charge in [0.15, 0.2) is 0 Å². The number of nitrogens with one attached hydrogen (secondary N) is 1. The lowest BCUT2D eigenvalue weighted by Crippen LogP contribution is -2.65. The quantitative estimate of drug-likeness (QED) is 0.864. The first kappa shape index (κ1) is 16.1. The summed E-state index contributed by atoms with van der Waals surface area (Å²) >= 11 is 6.06. The van der Waals surface area contributed by atoms with Crippen LogP contribution in [0.4, 0.5) is 5.69 Å². The molecule has 0 bridgehead atoms. The van der Waals surface area contributed by atoms with E-state index in [1.807, 2.05) is 30.5 Å². The number of hydrogen-bond donors (Lipinski definition) is 1. The van der Waals surface area contributed by atoms with Gasteiger partial charge in [0.1, 0.15) is 0 Å². The van der Waals surface area contributed by atoms with Crippen LogP contribution < -0.4 is 5.32 Å². The minimum absolute atomic E-state index is 0.438. The summed E-state index contributed by atoms with van der Waals surface area (Å²) in [4.78, 5) is 6.95. The molecule has 1 aromatic carbocycles. The van der Waals surface area contributed by atoms with Crippen LogP contribution in [-0.2, 0) is 4.74 Å². The predicted octanol–water partition coefficient (Wildman–Crippen LogP) is 3.80. The lowest BCUT2D eigenvalue weighted by Gasteiger charge is -2.55. The molecule has 1 atom stereocenters. The van der Waals surface area contributed by atoms with Crippen molar-refractivity contribution in [2.75, 3.05) is 38.2 Å². The van der Waals surface area contributed by atoms with Gasteiger partial charge in [-0.15, -0.1) is 0 Å². The molecule has 1 unspecified atom stereocenters. The van der Waals surface area contributed by atoms with E-state index in [1.54, 1.807) is 0 Å². The van der Waals surface area contributed by atoms with Gasteiger partial charge >= 0.3 is 0 Å². The van der Waals surface area contributed by atoms with Gasteiger partial charge < -0.3 is 15.0 Å². The SMILES string of the molecule is CC(CCCN1CC2(COC2)C1)Nc1ccnc2cc(Cl)ccc12. The number of pyridine rings is 1. The molecule has 0 saturated carbocycles. The van der Waals surface area contributed by atoms with Crippen LogP contribution >= 0.6 is 11.6 Å². The first-order chi connectivity index (χ1) is 11.6. The van der Waals surface area contributed by atoms with E-state index in [1.165, 1.54) is 26.1 Å². The predicted molar refractivity (Wildman–Crippen MR) is 98.8 cm³/mol. The molecule has 2 aliphatic heterocycles. The van der Waals surface area contributed by atoms with E-state index in [0.29, 0.717) is 11.5 Å². The van der Waals surface area contributed by atoms with Crippen molar-refractivity contribution < 1.29 is 4.74 Å². The minimum atomic E-state index is 0.438. The molecule has 2 saturated heterocycles. The lowest BCUT2D eigenvalue weighted by atomic mass is 9.78. The number of rotatable bonds is 6. The first-order valence-corrected chi connectivity index (χ1v) is 9.12. The molecule has 0 amide bonds. The van der Waals surface area contributed by atoms with Gasteiger partial charge in [-0.25, -0.2) is 0 Å². The van der Waals surface area contributed by atoms with Crippen LogP contribution in [0.3, 0.4) is 0 Å². The highest BCUT2D eigenvalue weighted by molar-refractivity contribution is 6.31. The highest BCUT2D eigenvalue weighted by Crippen LogP contribution is 2.37. The highest BCUT2D eigenvalue weighted by atomic mass is 35.5. The number of anilines is 1. The van der Waals surface area contributed by atoms with Crippen molar-refractivity contribution in [3.05, 3.63) is 35.5 Å². The Hall–Kier alpha value is -1.36. The molecule has 128 valence electrons. The molecule has 0 aliphatic carbocycles. The summed E-state index contributed by atoms with van der Waals surface area (Å²) in [6.45, 7) is 7.84. The van der Waals surface area contributed by atoms with Gasteiger partial charge in [-0.05, 0) is 50.6 Å². The maximum absolute atomic E-state index is 6.06. The number of benzene rings is 1. The van der Waals surface area contributed by atoms with Crippen molar-refractivity contribution >= 4 is 28.2 Å². The van der Waals surface area contributed by atoms with E-state index in [0.717, 1.165) is 41.2 Å². The Morgan fingerprint density at radius 1 is 1.33 bits per heavy atom. The van der Waals surface area contributed by atoms with Gasteiger partial charge in [0.2, 0.25) is 0 Å². The molecule has 0 radical (unpaired) electrons. The molecule has 1 N–H and O–H groups in total. The summed E-state index contributed by atoms with van der Waals surface area (Å²) in [6, 6.07) is 8.36. The van der Waals surface area contributed by atoms with E-state index in [4.69, 9.17) is 16.3 Å². The molecule has 3 heterocycles. The van der Waals surface area contributed by atoms with Gasteiger partial charge in [0, 0.05) is 46.8 Å². The Morgan fingerprint density at radius 2 is 2.17 bits per heavy atom. The number of likely N-dealkylation sites (tertiary alicyclic amines) is 1. The van der Waals surface area contributed by atoms with Crippen LogP contribution in [0, 0.1) is 5.41 Å². The molecule has 2 fully saturated rings. The highest BCUT2D eigenvalue weighted by Gasteiger charge is 2.48. The monoisotopic (exact) mass is 345 g/mol. The maximum atomic E-state index is 6.06. The Labute approximate surface area is 148 Å². The standard InChI is InChI=1S/C19H24ClN3O/c1-14(3-2-8-23-10-19(11-23)12-24-13-19)22-17-6-7-21-18-9-15(20)4-5-16(17)18/h4-7,9,14H,2-3,8,10-13H2,1H3,(H,21,22). The fourth-order valence-electron chi connectivity index (χ4n) is 3.84. The fraction of sp³-hybridized carbons (Fsp3) is 0.526. The van der Waals surface area contributed by atoms with Crippen LogP contribution in [0.2, 0.25) is 5.02 Å². The third-order valence-electron chi connectivity index (χ3n) is 5.15. The van der Waals surface area contributed by atoms with Crippen molar-refractivity contribution in [2.45, 2.75) is 25.8 Å². The van der Waals surface area contributed by atoms with Crippen molar-refractivity contribution in [1.82, 2.24) is 9.88 Å². The maximum Gasteiger partial charge on any atom is 0.0737 e. The number of halogens is 1. The molecule has 1 spiro atoms. The second kappa shape index (κ2) is 6.51. The van der Waals surface area contributed by atoms with Gasteiger partial charge in [-0.2, -0.15) is 0 Å².